The molecule has 1 saturated heterocycles. The summed E-state index contributed by atoms with van der Waals surface area (Å²) >= 11 is 0. The van der Waals surface area contributed by atoms with E-state index >= 15 is 0 Å². The summed E-state index contributed by atoms with van der Waals surface area (Å²) in [6.07, 6.45) is 9.57. The fraction of sp³-hybridized carbons (Fsp3) is 0.864. The Morgan fingerprint density at radius 1 is 1.06 bits per heavy atom. The van der Waals surface area contributed by atoms with Gasteiger partial charge in [0.15, 0.2) is 0 Å². The number of carboxylic acids is 1. The lowest BCUT2D eigenvalue weighted by Gasteiger charge is -2.71. The third-order valence-electron chi connectivity index (χ3n) is 17.4. The van der Waals surface area contributed by atoms with E-state index < -0.39 is 11.9 Å². The molecule has 4 aliphatic carbocycles. The van der Waals surface area contributed by atoms with E-state index in [2.05, 4.69) is 105 Å². The van der Waals surface area contributed by atoms with Gasteiger partial charge in [0, 0.05) is 22.4 Å². The van der Waals surface area contributed by atoms with E-state index in [0.29, 0.717) is 43.5 Å². The van der Waals surface area contributed by atoms with E-state index in [1.54, 1.807) is 6.33 Å². The number of allylic oxidation sites excluding steroid dienone is 1. The first-order valence-electron chi connectivity index (χ1n) is 21.1. The molecule has 1 amide bonds. The highest BCUT2D eigenvalue weighted by molar-refractivity contribution is 5.90. The zero-order chi connectivity index (χ0) is 40.0. The summed E-state index contributed by atoms with van der Waals surface area (Å²) in [5, 5.41) is 19.0. The van der Waals surface area contributed by atoms with Crippen LogP contribution in [-0.4, -0.2) is 88.2 Å². The predicted molar refractivity (Wildman–Crippen MR) is 212 cm³/mol. The van der Waals surface area contributed by atoms with Gasteiger partial charge in [0.2, 0.25) is 5.82 Å². The number of hydrogen-bond acceptors (Lipinski definition) is 7. The van der Waals surface area contributed by atoms with E-state index in [9.17, 15) is 14.7 Å². The number of nitrogens with one attached hydrogen (secondary N) is 1. The van der Waals surface area contributed by atoms with Crippen molar-refractivity contribution in [2.24, 2.45) is 62.6 Å². The standard InChI is InChI=1S/C44H73N5O5/c1-26(2)29(7)39(8)19-20-41(10)30-15-16-33-40(9)22-53-24-44(33,31(30)17-18-42(41,11)34(39)38(51)52)21-32(35(40)54-23-43(12,27(3)4)48(13)14)49-25-45-36(47-49)37(50)46-28(5)6/h17,25-30,32-35H,15-16,18-24H2,1-14H3,(H,46,50)(H,51,52)/t29-,30+,32-,33+,34-,35+,39-,40+,41-,42+,43+,44?/m1/s1. The molecule has 10 nitrogen and oxygen atoms in total. The molecule has 1 aromatic rings. The van der Waals surface area contributed by atoms with Crippen LogP contribution < -0.4 is 5.32 Å². The van der Waals surface area contributed by atoms with Crippen molar-refractivity contribution in [2.75, 3.05) is 33.9 Å². The van der Waals surface area contributed by atoms with Crippen molar-refractivity contribution in [1.82, 2.24) is 25.0 Å². The Morgan fingerprint density at radius 2 is 1.74 bits per heavy atom. The molecule has 2 N–H and O–H groups in total. The number of rotatable bonds is 11. The molecule has 0 aromatic carbocycles. The molecule has 6 rings (SSSR count). The van der Waals surface area contributed by atoms with Crippen LogP contribution >= 0.6 is 0 Å². The summed E-state index contributed by atoms with van der Waals surface area (Å²) in [5.41, 5.74) is -0.142. The van der Waals surface area contributed by atoms with Crippen LogP contribution in [0.1, 0.15) is 138 Å². The number of ether oxygens (including phenoxy) is 2. The van der Waals surface area contributed by atoms with Gasteiger partial charge >= 0.3 is 5.97 Å². The zero-order valence-corrected chi connectivity index (χ0v) is 36.1. The molecular weight excluding hydrogens is 679 g/mol. The van der Waals surface area contributed by atoms with Crippen LogP contribution in [0.15, 0.2) is 18.0 Å². The third kappa shape index (κ3) is 5.95. The quantitative estimate of drug-likeness (QED) is 0.219. The smallest absolute Gasteiger partial charge is 0.307 e. The highest BCUT2D eigenvalue weighted by atomic mass is 16.5. The van der Waals surface area contributed by atoms with Crippen LogP contribution in [0.4, 0.5) is 0 Å². The molecule has 54 heavy (non-hydrogen) atoms. The molecule has 304 valence electrons. The molecule has 1 unspecified atom stereocenters. The summed E-state index contributed by atoms with van der Waals surface area (Å²) in [6, 6.07) is -0.197. The fourth-order valence-corrected chi connectivity index (χ4v) is 13.1. The summed E-state index contributed by atoms with van der Waals surface area (Å²) < 4.78 is 16.0. The lowest BCUT2D eigenvalue weighted by atomic mass is 9.34. The summed E-state index contributed by atoms with van der Waals surface area (Å²) in [6.45, 7) is 28.6. The Labute approximate surface area is 326 Å². The maximum Gasteiger partial charge on any atom is 0.307 e. The maximum absolute atomic E-state index is 13.6. The Morgan fingerprint density at radius 3 is 2.33 bits per heavy atom. The van der Waals surface area contributed by atoms with Crippen LogP contribution in [0, 0.1) is 62.6 Å². The van der Waals surface area contributed by atoms with Gasteiger partial charge in [0.1, 0.15) is 6.33 Å². The van der Waals surface area contributed by atoms with Gasteiger partial charge in [-0.15, -0.1) is 5.10 Å². The number of carboxylic acid groups (broad SMARTS) is 1. The molecule has 2 bridgehead atoms. The second kappa shape index (κ2) is 14.0. The highest BCUT2D eigenvalue weighted by Crippen LogP contribution is 2.75. The molecule has 1 aliphatic heterocycles. The van der Waals surface area contributed by atoms with Gasteiger partial charge in [-0.05, 0) is 119 Å². The maximum atomic E-state index is 13.6. The second-order valence-corrected chi connectivity index (χ2v) is 20.9. The number of fused-ring (bicyclic) bond motifs is 3. The summed E-state index contributed by atoms with van der Waals surface area (Å²) in [5.74, 6) is 0.488. The predicted octanol–water partition coefficient (Wildman–Crippen LogP) is 7.91. The molecule has 1 aromatic heterocycles. The minimum Gasteiger partial charge on any atom is -0.481 e. The molecule has 5 aliphatic rings. The average Bonchev–Trinajstić information content (AvgIpc) is 3.57. The van der Waals surface area contributed by atoms with Crippen molar-refractivity contribution in [3.8, 4) is 0 Å². The Balaban J connectivity index is 1.46. The van der Waals surface area contributed by atoms with Gasteiger partial charge in [-0.1, -0.05) is 74.0 Å². The SMILES string of the molecule is CC(C)NC(=O)c1ncn([C@@H]2CC34COC[C@@](C)([C@@H]3CC[C@H]3C4=CC[C@@]4(C)[C@H](C(=O)O)[C@@](C)([C@H](C)C(C)C)CC[C@]34C)[C@H]2OC[C@@](C)(C(C)C)N(C)C)n1. The Hall–Kier alpha value is -2.30. The Kier molecular flexibility index (Phi) is 10.7. The molecule has 0 radical (unpaired) electrons. The largest absolute Gasteiger partial charge is 0.481 e. The number of likely N-dealkylation sites (N-methyl/N-ethyl adjacent to an activating group) is 1. The first kappa shape index (κ1) is 41.3. The summed E-state index contributed by atoms with van der Waals surface area (Å²) in [7, 11) is 4.26. The van der Waals surface area contributed by atoms with Gasteiger partial charge in [0.25, 0.3) is 5.91 Å². The third-order valence-corrected chi connectivity index (χ3v) is 17.4. The number of nitrogens with zero attached hydrogens (tertiary/aromatic N) is 4. The zero-order valence-electron chi connectivity index (χ0n) is 36.1. The van der Waals surface area contributed by atoms with Gasteiger partial charge in [0.05, 0.1) is 37.9 Å². The molecule has 10 heteroatoms. The van der Waals surface area contributed by atoms with Crippen LogP contribution in [0.3, 0.4) is 0 Å². The number of aromatic nitrogens is 3. The van der Waals surface area contributed by atoms with Crippen LogP contribution in [-0.2, 0) is 14.3 Å². The van der Waals surface area contributed by atoms with E-state index in [4.69, 9.17) is 14.6 Å². The molecule has 2 heterocycles. The monoisotopic (exact) mass is 752 g/mol. The molecule has 3 saturated carbocycles. The van der Waals surface area contributed by atoms with E-state index in [-0.39, 0.29) is 68.5 Å². The van der Waals surface area contributed by atoms with Gasteiger partial charge in [-0.2, -0.15) is 0 Å². The number of aliphatic carboxylic acids is 1. The molecule has 12 atom stereocenters. The van der Waals surface area contributed by atoms with Crippen LogP contribution in [0.25, 0.3) is 0 Å². The first-order chi connectivity index (χ1) is 25.0. The van der Waals surface area contributed by atoms with Crippen molar-refractivity contribution < 1.29 is 24.2 Å². The molecule has 0 spiro atoms. The topological polar surface area (TPSA) is 119 Å². The first-order valence-corrected chi connectivity index (χ1v) is 21.1. The Bertz CT molecular complexity index is 1610. The van der Waals surface area contributed by atoms with Crippen LogP contribution in [0.5, 0.6) is 0 Å². The number of carbonyl (C=O) groups excluding carboxylic acids is 1. The normalized spacial score (nSPS) is 40.8. The lowest BCUT2D eigenvalue weighted by molar-refractivity contribution is -0.255. The van der Waals surface area contributed by atoms with Gasteiger partial charge < -0.3 is 24.8 Å². The van der Waals surface area contributed by atoms with Crippen molar-refractivity contribution in [1.29, 1.82) is 0 Å². The van der Waals surface area contributed by atoms with Crippen molar-refractivity contribution >= 4 is 11.9 Å². The van der Waals surface area contributed by atoms with Crippen LogP contribution in [0.2, 0.25) is 0 Å². The number of hydrogen-bond donors (Lipinski definition) is 2. The second-order valence-electron chi connectivity index (χ2n) is 20.9. The van der Waals surface area contributed by atoms with Crippen molar-refractivity contribution in [3.63, 3.8) is 0 Å². The lowest BCUT2D eigenvalue weighted by Crippen LogP contribution is -2.69. The minimum absolute atomic E-state index is 0.0264. The number of carbonyl (C=O) groups is 2. The average molecular weight is 752 g/mol. The fourth-order valence-electron chi connectivity index (χ4n) is 13.1. The number of amides is 1. The van der Waals surface area contributed by atoms with Crippen molar-refractivity contribution in [2.45, 2.75) is 145 Å². The van der Waals surface area contributed by atoms with Gasteiger partial charge in [-0.3, -0.25) is 9.59 Å². The van der Waals surface area contributed by atoms with Gasteiger partial charge in [-0.25, -0.2) is 9.67 Å². The van der Waals surface area contributed by atoms with E-state index in [1.807, 2.05) is 18.5 Å². The van der Waals surface area contributed by atoms with E-state index in [0.717, 1.165) is 38.5 Å². The van der Waals surface area contributed by atoms with Crippen molar-refractivity contribution in [3.05, 3.63) is 23.8 Å². The molecular formula is C44H73N5O5. The minimum atomic E-state index is -0.636. The van der Waals surface area contributed by atoms with E-state index in [1.165, 1.54) is 5.57 Å². The summed E-state index contributed by atoms with van der Waals surface area (Å²) in [4.78, 5) is 33.6. The highest BCUT2D eigenvalue weighted by Gasteiger charge is 2.72. The molecule has 4 fully saturated rings.